The van der Waals surface area contributed by atoms with Crippen molar-refractivity contribution >= 4 is 11.9 Å². The Morgan fingerprint density at radius 3 is 1.34 bits per heavy atom. The van der Waals surface area contributed by atoms with Crippen molar-refractivity contribution in [2.75, 3.05) is 6.61 Å². The van der Waals surface area contributed by atoms with Crippen molar-refractivity contribution in [1.29, 1.82) is 0 Å². The minimum absolute atomic E-state index is 0.0235. The van der Waals surface area contributed by atoms with Crippen LogP contribution in [-0.2, 0) is 14.3 Å². The van der Waals surface area contributed by atoms with Crippen molar-refractivity contribution in [3.05, 3.63) is 24.3 Å². The largest absolute Gasteiger partial charge is 0.458 e. The molecule has 0 spiro atoms. The molecule has 0 rings (SSSR count). The normalized spacial score (nSPS) is 13.4. The van der Waals surface area contributed by atoms with Gasteiger partial charge in [0.1, 0.15) is 6.10 Å². The van der Waals surface area contributed by atoms with Crippen molar-refractivity contribution in [3.8, 4) is 0 Å². The number of carbonyl (C=O) groups excluding carboxylic acids is 2. The van der Waals surface area contributed by atoms with E-state index < -0.39 is 18.2 Å². The minimum atomic E-state index is -0.805. The second-order valence-corrected chi connectivity index (χ2v) is 17.6. The van der Waals surface area contributed by atoms with E-state index in [1.165, 1.54) is 180 Å². The van der Waals surface area contributed by atoms with E-state index in [4.69, 9.17) is 4.74 Å². The summed E-state index contributed by atoms with van der Waals surface area (Å²) < 4.78 is 5.83. The highest BCUT2D eigenvalue weighted by molar-refractivity contribution is 5.78. The van der Waals surface area contributed by atoms with E-state index in [-0.39, 0.29) is 24.9 Å². The quantitative estimate of drug-likeness (QED) is 0.0323. The Bertz CT molecular complexity index is 919. The molecule has 3 N–H and O–H groups in total. The fourth-order valence-electron chi connectivity index (χ4n) is 7.87. The van der Waals surface area contributed by atoms with Gasteiger partial charge in [0.25, 0.3) is 0 Å². The van der Waals surface area contributed by atoms with Crippen molar-refractivity contribution in [2.24, 2.45) is 0 Å². The van der Waals surface area contributed by atoms with Crippen LogP contribution < -0.4 is 5.32 Å². The first-order chi connectivity index (χ1) is 28.5. The number of nitrogens with one attached hydrogen (secondary N) is 1. The molecule has 0 saturated heterocycles. The molecule has 0 heterocycles. The lowest BCUT2D eigenvalue weighted by Crippen LogP contribution is -2.46. The highest BCUT2D eigenvalue weighted by atomic mass is 16.5. The topological polar surface area (TPSA) is 95.9 Å². The average molecular weight is 818 g/mol. The predicted octanol–water partition coefficient (Wildman–Crippen LogP) is 15.1. The van der Waals surface area contributed by atoms with Crippen LogP contribution in [0.1, 0.15) is 271 Å². The maximum atomic E-state index is 13.1. The van der Waals surface area contributed by atoms with Crippen LogP contribution in [0.15, 0.2) is 24.3 Å². The lowest BCUT2D eigenvalue weighted by atomic mass is 10.0. The lowest BCUT2D eigenvalue weighted by molar-refractivity contribution is -0.148. The second-order valence-electron chi connectivity index (χ2n) is 17.6. The zero-order valence-corrected chi connectivity index (χ0v) is 38.9. The summed E-state index contributed by atoms with van der Waals surface area (Å²) in [7, 11) is 0. The number of hydrogen-bond acceptors (Lipinski definition) is 5. The zero-order valence-electron chi connectivity index (χ0n) is 38.9. The van der Waals surface area contributed by atoms with E-state index in [1.54, 1.807) is 0 Å². The van der Waals surface area contributed by atoms with Crippen LogP contribution in [0.4, 0.5) is 0 Å². The number of aliphatic hydroxyl groups is 2. The van der Waals surface area contributed by atoms with Gasteiger partial charge in [-0.1, -0.05) is 244 Å². The fourth-order valence-corrected chi connectivity index (χ4v) is 7.87. The van der Waals surface area contributed by atoms with Crippen LogP contribution in [0.2, 0.25) is 0 Å². The first-order valence-electron chi connectivity index (χ1n) is 25.6. The molecule has 0 aliphatic heterocycles. The summed E-state index contributed by atoms with van der Waals surface area (Å²) in [5, 5.41) is 23.6. The Balaban J connectivity index is 4.52. The molecule has 0 bridgehead atoms. The molecular weight excluding hydrogens is 719 g/mol. The molecule has 342 valence electrons. The van der Waals surface area contributed by atoms with Crippen molar-refractivity contribution in [1.82, 2.24) is 5.32 Å². The summed E-state index contributed by atoms with van der Waals surface area (Å²) in [6.45, 7) is 6.44. The Hall–Kier alpha value is -1.66. The molecule has 0 aliphatic carbocycles. The fraction of sp³-hybridized carbons (Fsp3) is 0.885. The van der Waals surface area contributed by atoms with Crippen molar-refractivity contribution in [3.63, 3.8) is 0 Å². The van der Waals surface area contributed by atoms with Crippen molar-refractivity contribution in [2.45, 2.75) is 289 Å². The summed E-state index contributed by atoms with van der Waals surface area (Å²) in [4.78, 5) is 26.0. The number of amides is 1. The monoisotopic (exact) mass is 818 g/mol. The molecule has 6 heteroatoms. The zero-order chi connectivity index (χ0) is 42.4. The number of aliphatic hydroxyl groups excluding tert-OH is 2. The number of esters is 1. The maximum Gasteiger partial charge on any atom is 0.306 e. The molecule has 58 heavy (non-hydrogen) atoms. The molecule has 0 aromatic rings. The van der Waals surface area contributed by atoms with Crippen LogP contribution in [0, 0.1) is 0 Å². The number of hydrogen-bond donors (Lipinski definition) is 3. The molecule has 0 aromatic heterocycles. The molecule has 0 aromatic carbocycles. The molecule has 3 atom stereocenters. The van der Waals surface area contributed by atoms with Gasteiger partial charge < -0.3 is 20.3 Å². The number of rotatable bonds is 46. The van der Waals surface area contributed by atoms with Crippen LogP contribution in [0.5, 0.6) is 0 Å². The Morgan fingerprint density at radius 1 is 0.517 bits per heavy atom. The van der Waals surface area contributed by atoms with Gasteiger partial charge in [0, 0.05) is 6.42 Å². The summed E-state index contributed by atoms with van der Waals surface area (Å²) in [6.07, 6.45) is 52.8. The maximum absolute atomic E-state index is 13.1. The first-order valence-corrected chi connectivity index (χ1v) is 25.6. The third-order valence-corrected chi connectivity index (χ3v) is 11.8. The number of ether oxygens (including phenoxy) is 1. The van der Waals surface area contributed by atoms with Gasteiger partial charge in [0.05, 0.1) is 25.2 Å². The Labute approximate surface area is 361 Å². The summed E-state index contributed by atoms with van der Waals surface area (Å²) in [5.74, 6) is -0.590. The molecule has 0 aliphatic rings. The summed E-state index contributed by atoms with van der Waals surface area (Å²) in [6, 6.07) is -0.726. The molecule has 0 radical (unpaired) electrons. The van der Waals surface area contributed by atoms with E-state index in [1.807, 2.05) is 12.2 Å². The number of allylic oxidation sites excluding steroid dienone is 3. The molecule has 1 amide bonds. The van der Waals surface area contributed by atoms with E-state index >= 15 is 0 Å². The van der Waals surface area contributed by atoms with Crippen LogP contribution in [0.25, 0.3) is 0 Å². The number of carbonyl (C=O) groups is 2. The van der Waals surface area contributed by atoms with Crippen LogP contribution in [-0.4, -0.2) is 46.9 Å². The van der Waals surface area contributed by atoms with Gasteiger partial charge in [-0.3, -0.25) is 9.59 Å². The van der Waals surface area contributed by atoms with Gasteiger partial charge >= 0.3 is 5.97 Å². The SMILES string of the molecule is CCCCCCCC/C=C\C/C=C/C(CC(=O)NC(CO)C(O)CCCCCCCCCCCC)OC(=O)CCCCCCCCCCCCCCCCCCCC. The highest BCUT2D eigenvalue weighted by Crippen LogP contribution is 2.17. The molecule has 0 fully saturated rings. The first kappa shape index (κ1) is 56.3. The standard InChI is InChI=1S/C52H99NO5/c1-4-7-10-13-16-19-22-23-24-25-26-27-28-30-33-36-39-42-45-52(57)58-48(43-40-37-34-31-29-20-17-14-11-8-5-2)46-51(56)53-49(47-54)50(55)44-41-38-35-32-21-18-15-12-9-6-3/h31,34,40,43,48-50,54-55H,4-30,32-33,35-39,41-42,44-47H2,1-3H3,(H,53,56)/b34-31-,43-40+. The second kappa shape index (κ2) is 46.4. The Morgan fingerprint density at radius 2 is 0.914 bits per heavy atom. The molecule has 6 nitrogen and oxygen atoms in total. The summed E-state index contributed by atoms with van der Waals surface area (Å²) >= 11 is 0. The highest BCUT2D eigenvalue weighted by Gasteiger charge is 2.23. The Kier molecular flexibility index (Phi) is 45.1. The van der Waals surface area contributed by atoms with Gasteiger partial charge in [-0.15, -0.1) is 0 Å². The van der Waals surface area contributed by atoms with Gasteiger partial charge in [0.2, 0.25) is 5.91 Å². The van der Waals surface area contributed by atoms with Gasteiger partial charge in [-0.25, -0.2) is 0 Å². The molecule has 3 unspecified atom stereocenters. The van der Waals surface area contributed by atoms with E-state index in [9.17, 15) is 19.8 Å². The number of unbranched alkanes of at least 4 members (excludes halogenated alkanes) is 32. The van der Waals surface area contributed by atoms with Gasteiger partial charge in [-0.2, -0.15) is 0 Å². The average Bonchev–Trinajstić information content (AvgIpc) is 3.22. The summed E-state index contributed by atoms with van der Waals surface area (Å²) in [5.41, 5.74) is 0. The lowest BCUT2D eigenvalue weighted by Gasteiger charge is -2.23. The van der Waals surface area contributed by atoms with E-state index in [0.29, 0.717) is 12.8 Å². The predicted molar refractivity (Wildman–Crippen MR) is 250 cm³/mol. The van der Waals surface area contributed by atoms with E-state index in [0.717, 1.165) is 51.4 Å². The third-order valence-electron chi connectivity index (χ3n) is 11.8. The van der Waals surface area contributed by atoms with Crippen LogP contribution in [0.3, 0.4) is 0 Å². The van der Waals surface area contributed by atoms with Crippen LogP contribution >= 0.6 is 0 Å². The third kappa shape index (κ3) is 41.1. The smallest absolute Gasteiger partial charge is 0.306 e. The van der Waals surface area contributed by atoms with Gasteiger partial charge in [0.15, 0.2) is 0 Å². The molecular formula is C52H99NO5. The van der Waals surface area contributed by atoms with E-state index in [2.05, 4.69) is 38.2 Å². The minimum Gasteiger partial charge on any atom is -0.458 e. The molecule has 0 saturated carbocycles. The van der Waals surface area contributed by atoms with Gasteiger partial charge in [-0.05, 0) is 38.2 Å². The van der Waals surface area contributed by atoms with Crippen molar-refractivity contribution < 1.29 is 24.5 Å².